The van der Waals surface area contributed by atoms with Gasteiger partial charge in [-0.05, 0) is 111 Å². The van der Waals surface area contributed by atoms with E-state index in [1.165, 1.54) is 40.5 Å². The van der Waals surface area contributed by atoms with Crippen LogP contribution in [-0.4, -0.2) is 19.7 Å². The summed E-state index contributed by atoms with van der Waals surface area (Å²) in [4.78, 5) is 26.6. The van der Waals surface area contributed by atoms with Gasteiger partial charge in [-0.3, -0.25) is 9.98 Å². The summed E-state index contributed by atoms with van der Waals surface area (Å²) in [7, 11) is 1.37. The summed E-state index contributed by atoms with van der Waals surface area (Å²) in [5.74, 6) is 1.84. The van der Waals surface area contributed by atoms with E-state index in [4.69, 9.17) is 24.2 Å². The van der Waals surface area contributed by atoms with Crippen LogP contribution in [0, 0.1) is 27.7 Å². The van der Waals surface area contributed by atoms with Crippen LogP contribution in [0.2, 0.25) is 0 Å². The zero-order chi connectivity index (χ0) is 36.6. The number of aryl methyl sites for hydroxylation is 4. The van der Waals surface area contributed by atoms with Gasteiger partial charge >= 0.3 is 5.97 Å². The van der Waals surface area contributed by atoms with Gasteiger partial charge in [0.05, 0.1) is 34.5 Å². The number of esters is 1. The Balaban J connectivity index is 1.39. The molecule has 1 aliphatic heterocycles. The van der Waals surface area contributed by atoms with Crippen molar-refractivity contribution in [2.24, 2.45) is 9.98 Å². The second kappa shape index (κ2) is 14.3. The van der Waals surface area contributed by atoms with Crippen LogP contribution in [-0.2, 0) is 4.74 Å². The SMILES string of the molecule is COC(=O)c1ccc(Oc2c(Oc3ccccc3)c(-c3ccc(-c4cc(C)ccc4C)s3)c3c(c2-c2ccc(-c4cc(C)ccc4C)s2)=NCN=3)cc1. The Morgan fingerprint density at radius 1 is 0.566 bits per heavy atom. The fraction of sp³-hybridized carbons (Fsp3) is 0.133. The summed E-state index contributed by atoms with van der Waals surface area (Å²) >= 11 is 3.38. The Hall–Kier alpha value is -5.83. The van der Waals surface area contributed by atoms with Crippen molar-refractivity contribution in [2.75, 3.05) is 13.8 Å². The molecule has 0 unspecified atom stereocenters. The molecule has 6 nitrogen and oxygen atoms in total. The molecule has 0 aliphatic carbocycles. The van der Waals surface area contributed by atoms with Crippen molar-refractivity contribution < 1.29 is 19.0 Å². The quantitative estimate of drug-likeness (QED) is 0.139. The summed E-state index contributed by atoms with van der Waals surface area (Å²) in [6, 6.07) is 38.4. The lowest BCUT2D eigenvalue weighted by atomic mass is 10.0. The monoisotopic (exact) mass is 732 g/mol. The fourth-order valence-corrected chi connectivity index (χ4v) is 8.81. The van der Waals surface area contributed by atoms with Crippen molar-refractivity contribution in [3.05, 3.63) is 154 Å². The normalized spacial score (nSPS) is 11.8. The number of hydrogen-bond donors (Lipinski definition) is 0. The van der Waals surface area contributed by atoms with Gasteiger partial charge in [-0.15, -0.1) is 22.7 Å². The van der Waals surface area contributed by atoms with Gasteiger partial charge in [0, 0.05) is 19.5 Å². The number of para-hydroxylation sites is 1. The van der Waals surface area contributed by atoms with E-state index in [1.807, 2.05) is 30.3 Å². The molecule has 8 rings (SSSR count). The molecule has 1 aliphatic rings. The van der Waals surface area contributed by atoms with Crippen molar-refractivity contribution in [2.45, 2.75) is 27.7 Å². The highest BCUT2D eigenvalue weighted by Crippen LogP contribution is 2.49. The molecule has 0 saturated carbocycles. The van der Waals surface area contributed by atoms with Crippen molar-refractivity contribution in [1.82, 2.24) is 0 Å². The van der Waals surface area contributed by atoms with E-state index in [2.05, 4.69) is 88.4 Å². The molecule has 0 N–H and O–H groups in total. The summed E-state index contributed by atoms with van der Waals surface area (Å²) in [5, 5.41) is 1.54. The first-order chi connectivity index (χ1) is 25.8. The maximum absolute atomic E-state index is 12.3. The van der Waals surface area contributed by atoms with E-state index < -0.39 is 5.97 Å². The molecule has 0 bridgehead atoms. The first kappa shape index (κ1) is 34.3. The highest BCUT2D eigenvalue weighted by atomic mass is 32.1. The summed E-state index contributed by atoms with van der Waals surface area (Å²) < 4.78 is 18.8. The van der Waals surface area contributed by atoms with Crippen LogP contribution in [0.25, 0.3) is 41.8 Å². The van der Waals surface area contributed by atoms with Gasteiger partial charge in [0.1, 0.15) is 18.2 Å². The average molecular weight is 733 g/mol. The number of rotatable bonds is 9. The average Bonchev–Trinajstić information content (AvgIpc) is 3.97. The van der Waals surface area contributed by atoms with Crippen molar-refractivity contribution in [1.29, 1.82) is 0 Å². The number of thiophene rings is 2. The molecular weight excluding hydrogens is 697 g/mol. The second-order valence-corrected chi connectivity index (χ2v) is 15.2. The Kier molecular flexibility index (Phi) is 9.24. The number of hydrogen-bond acceptors (Lipinski definition) is 8. The van der Waals surface area contributed by atoms with Gasteiger partial charge in [0.25, 0.3) is 0 Å². The van der Waals surface area contributed by atoms with Crippen LogP contribution in [0.15, 0.2) is 125 Å². The van der Waals surface area contributed by atoms with Gasteiger partial charge in [-0.1, -0.05) is 65.7 Å². The molecule has 0 fully saturated rings. The molecule has 53 heavy (non-hydrogen) atoms. The molecule has 5 aromatic carbocycles. The Bertz CT molecular complexity index is 2640. The number of methoxy groups -OCH3 is 1. The molecule has 0 saturated heterocycles. The van der Waals surface area contributed by atoms with E-state index in [0.717, 1.165) is 41.3 Å². The molecule has 0 radical (unpaired) electrons. The van der Waals surface area contributed by atoms with Gasteiger partial charge in [-0.2, -0.15) is 0 Å². The lowest BCUT2D eigenvalue weighted by molar-refractivity contribution is 0.0600. The minimum atomic E-state index is -0.416. The lowest BCUT2D eigenvalue weighted by Crippen LogP contribution is -2.27. The van der Waals surface area contributed by atoms with Crippen molar-refractivity contribution in [3.8, 4) is 64.8 Å². The van der Waals surface area contributed by atoms with Crippen LogP contribution in [0.1, 0.15) is 32.6 Å². The molecular formula is C45H36N2O4S2. The summed E-state index contributed by atoms with van der Waals surface area (Å²) in [6.45, 7) is 8.81. The number of fused-ring (bicyclic) bond motifs is 1. The Morgan fingerprint density at radius 3 is 1.53 bits per heavy atom. The third-order valence-electron chi connectivity index (χ3n) is 9.30. The molecule has 8 heteroatoms. The number of ether oxygens (including phenoxy) is 3. The maximum atomic E-state index is 12.3. The summed E-state index contributed by atoms with van der Waals surface area (Å²) in [5.41, 5.74) is 9.27. The third-order valence-corrected chi connectivity index (χ3v) is 11.6. The molecule has 0 atom stereocenters. The van der Waals surface area contributed by atoms with Crippen molar-refractivity contribution >= 4 is 28.6 Å². The third kappa shape index (κ3) is 6.67. The predicted octanol–water partition coefficient (Wildman–Crippen LogP) is 11.3. The van der Waals surface area contributed by atoms with Crippen LogP contribution in [0.5, 0.6) is 23.0 Å². The van der Waals surface area contributed by atoms with Gasteiger partial charge in [0.15, 0.2) is 11.5 Å². The Labute approximate surface area is 316 Å². The van der Waals surface area contributed by atoms with Crippen LogP contribution in [0.3, 0.4) is 0 Å². The van der Waals surface area contributed by atoms with Crippen LogP contribution >= 0.6 is 22.7 Å². The van der Waals surface area contributed by atoms with E-state index in [-0.39, 0.29) is 0 Å². The fourth-order valence-electron chi connectivity index (χ4n) is 6.55. The smallest absolute Gasteiger partial charge is 0.337 e. The lowest BCUT2D eigenvalue weighted by Gasteiger charge is -2.19. The van der Waals surface area contributed by atoms with E-state index in [1.54, 1.807) is 46.9 Å². The first-order valence-corrected chi connectivity index (χ1v) is 18.9. The number of carbonyl (C=O) groups is 1. The summed E-state index contributed by atoms with van der Waals surface area (Å²) in [6.07, 6.45) is 0. The molecule has 7 aromatic rings. The minimum absolute atomic E-state index is 0.293. The largest absolute Gasteiger partial charge is 0.465 e. The maximum Gasteiger partial charge on any atom is 0.337 e. The minimum Gasteiger partial charge on any atom is -0.465 e. The number of carbonyl (C=O) groups excluding carboxylic acids is 1. The molecule has 2 aromatic heterocycles. The van der Waals surface area contributed by atoms with Crippen LogP contribution in [0.4, 0.5) is 0 Å². The second-order valence-electron chi connectivity index (χ2n) is 13.1. The van der Waals surface area contributed by atoms with E-state index in [0.29, 0.717) is 35.2 Å². The molecule has 3 heterocycles. The van der Waals surface area contributed by atoms with E-state index in [9.17, 15) is 4.79 Å². The number of benzene rings is 5. The van der Waals surface area contributed by atoms with Gasteiger partial charge < -0.3 is 14.2 Å². The molecule has 0 amide bonds. The predicted molar refractivity (Wildman–Crippen MR) is 214 cm³/mol. The van der Waals surface area contributed by atoms with Crippen molar-refractivity contribution in [3.63, 3.8) is 0 Å². The highest BCUT2D eigenvalue weighted by molar-refractivity contribution is 7.19. The molecule has 262 valence electrons. The topological polar surface area (TPSA) is 69.5 Å². The van der Waals surface area contributed by atoms with Gasteiger partial charge in [-0.25, -0.2) is 4.79 Å². The zero-order valence-corrected chi connectivity index (χ0v) is 31.7. The van der Waals surface area contributed by atoms with Crippen LogP contribution < -0.4 is 20.2 Å². The Morgan fingerprint density at radius 2 is 1.04 bits per heavy atom. The number of nitrogens with zero attached hydrogens (tertiary/aromatic N) is 2. The highest BCUT2D eigenvalue weighted by Gasteiger charge is 2.29. The standard InChI is InChI=1S/C45H36N2O4S2/c1-26-11-13-28(3)33(23-26)35-19-21-37(52-35)39-41-42(47-25-46-41)40(38-22-20-36(53-38)34-24-27(2)12-14-29(34)4)44(43(39)50-31-9-7-6-8-10-31)51-32-17-15-30(16-18-32)45(48)49-5/h6-24H,25H2,1-5H3. The van der Waals surface area contributed by atoms with E-state index >= 15 is 0 Å². The first-order valence-electron chi connectivity index (χ1n) is 17.3. The zero-order valence-electron chi connectivity index (χ0n) is 30.0. The van der Waals surface area contributed by atoms with Gasteiger partial charge in [0.2, 0.25) is 0 Å². The molecule has 0 spiro atoms.